The minimum absolute atomic E-state index is 0.0254. The predicted molar refractivity (Wildman–Crippen MR) is 110 cm³/mol. The molecular formula is C22H22N4O2. The molecule has 3 rings (SSSR count). The first-order valence-corrected chi connectivity index (χ1v) is 9.14. The minimum atomic E-state index is 0.0254. The van der Waals surface area contributed by atoms with Crippen LogP contribution in [-0.2, 0) is 4.79 Å². The zero-order valence-electron chi connectivity index (χ0n) is 16.0. The number of hydrogen-bond acceptors (Lipinski definition) is 5. The number of aromatic nitrogens is 1. The van der Waals surface area contributed by atoms with Crippen LogP contribution >= 0.6 is 0 Å². The van der Waals surface area contributed by atoms with Crippen molar-refractivity contribution < 1.29 is 9.53 Å². The highest BCUT2D eigenvalue weighted by atomic mass is 16.5. The smallest absolute Gasteiger partial charge is 0.219 e. The van der Waals surface area contributed by atoms with Crippen molar-refractivity contribution in [3.63, 3.8) is 0 Å². The number of carbonyl (C=O) groups excluding carboxylic acids is 1. The van der Waals surface area contributed by atoms with E-state index in [4.69, 9.17) is 10.00 Å². The molecule has 3 aromatic rings. The van der Waals surface area contributed by atoms with E-state index in [9.17, 15) is 4.79 Å². The monoisotopic (exact) mass is 374 g/mol. The quantitative estimate of drug-likeness (QED) is 0.616. The zero-order chi connectivity index (χ0) is 19.9. The molecule has 0 saturated carbocycles. The van der Waals surface area contributed by atoms with E-state index in [0.717, 1.165) is 27.7 Å². The van der Waals surface area contributed by atoms with Crippen LogP contribution in [0.1, 0.15) is 18.9 Å². The molecule has 1 aromatic heterocycles. The number of anilines is 1. The van der Waals surface area contributed by atoms with Gasteiger partial charge >= 0.3 is 0 Å². The first-order chi connectivity index (χ1) is 13.7. The van der Waals surface area contributed by atoms with Crippen molar-refractivity contribution in [1.82, 2.24) is 10.3 Å². The summed E-state index contributed by atoms with van der Waals surface area (Å²) in [6.07, 6.45) is 2.22. The van der Waals surface area contributed by atoms with E-state index in [1.54, 1.807) is 25.4 Å². The van der Waals surface area contributed by atoms with Crippen LogP contribution in [-0.4, -0.2) is 31.1 Å². The molecule has 0 atom stereocenters. The number of pyridine rings is 1. The number of amides is 1. The van der Waals surface area contributed by atoms with Crippen LogP contribution in [0, 0.1) is 11.3 Å². The number of carbonyl (C=O) groups is 1. The third kappa shape index (κ3) is 4.04. The van der Waals surface area contributed by atoms with E-state index in [0.29, 0.717) is 30.8 Å². The van der Waals surface area contributed by atoms with Gasteiger partial charge in [-0.1, -0.05) is 31.2 Å². The Hall–Kier alpha value is -3.59. The lowest BCUT2D eigenvalue weighted by molar-refractivity contribution is -0.120. The highest BCUT2D eigenvalue weighted by Crippen LogP contribution is 2.36. The number of nitriles is 1. The topological polar surface area (TPSA) is 87.0 Å². The van der Waals surface area contributed by atoms with E-state index in [1.807, 2.05) is 37.3 Å². The number of hydrogen-bond donors (Lipinski definition) is 2. The van der Waals surface area contributed by atoms with Crippen molar-refractivity contribution in [2.45, 2.75) is 13.3 Å². The fourth-order valence-corrected chi connectivity index (χ4v) is 3.03. The number of methoxy groups -OCH3 is 1. The fourth-order valence-electron chi connectivity index (χ4n) is 3.03. The second-order valence-corrected chi connectivity index (χ2v) is 6.23. The molecule has 0 radical (unpaired) electrons. The Bertz CT molecular complexity index is 1020. The summed E-state index contributed by atoms with van der Waals surface area (Å²) in [4.78, 5) is 16.0. The summed E-state index contributed by atoms with van der Waals surface area (Å²) in [6, 6.07) is 15.5. The van der Waals surface area contributed by atoms with Crippen molar-refractivity contribution in [2.75, 3.05) is 25.5 Å². The van der Waals surface area contributed by atoms with Crippen LogP contribution < -0.4 is 15.4 Å². The highest BCUT2D eigenvalue weighted by molar-refractivity contribution is 5.99. The summed E-state index contributed by atoms with van der Waals surface area (Å²) in [7, 11) is 1.63. The van der Waals surface area contributed by atoms with Crippen LogP contribution in [0.3, 0.4) is 0 Å². The van der Waals surface area contributed by atoms with E-state index in [1.165, 1.54) is 0 Å². The first-order valence-electron chi connectivity index (χ1n) is 9.14. The lowest BCUT2D eigenvalue weighted by atomic mass is 10.0. The Morgan fingerprint density at radius 3 is 2.64 bits per heavy atom. The summed E-state index contributed by atoms with van der Waals surface area (Å²) >= 11 is 0. The van der Waals surface area contributed by atoms with Gasteiger partial charge in [-0.25, -0.2) is 0 Å². The SMILES string of the molecule is CCC(=O)NCCNc1cnc2c(-c3ccc(C#N)cc3)cccc2c1OC. The Labute approximate surface area is 164 Å². The van der Waals surface area contributed by atoms with Gasteiger partial charge in [-0.15, -0.1) is 0 Å². The van der Waals surface area contributed by atoms with Crippen LogP contribution in [0.2, 0.25) is 0 Å². The normalized spacial score (nSPS) is 10.3. The number of fused-ring (bicyclic) bond motifs is 1. The molecule has 0 bridgehead atoms. The van der Waals surface area contributed by atoms with Crippen molar-refractivity contribution in [3.8, 4) is 22.9 Å². The summed E-state index contributed by atoms with van der Waals surface area (Å²) < 4.78 is 5.65. The van der Waals surface area contributed by atoms with E-state index in [2.05, 4.69) is 21.7 Å². The van der Waals surface area contributed by atoms with Crippen LogP contribution in [0.15, 0.2) is 48.7 Å². The third-order valence-electron chi connectivity index (χ3n) is 4.46. The number of nitrogens with zero attached hydrogens (tertiary/aromatic N) is 2. The van der Waals surface area contributed by atoms with Gasteiger partial charge in [-0.3, -0.25) is 9.78 Å². The first kappa shape index (κ1) is 19.2. The Morgan fingerprint density at radius 1 is 1.18 bits per heavy atom. The Kier molecular flexibility index (Phi) is 6.07. The number of ether oxygens (including phenoxy) is 1. The average Bonchev–Trinajstić information content (AvgIpc) is 2.75. The molecule has 6 nitrogen and oxygen atoms in total. The molecule has 0 saturated heterocycles. The summed E-state index contributed by atoms with van der Waals surface area (Å²) in [5.74, 6) is 0.736. The van der Waals surface area contributed by atoms with Gasteiger partial charge < -0.3 is 15.4 Å². The van der Waals surface area contributed by atoms with E-state index in [-0.39, 0.29) is 5.91 Å². The molecule has 0 spiro atoms. The largest absolute Gasteiger partial charge is 0.494 e. The molecule has 6 heteroatoms. The summed E-state index contributed by atoms with van der Waals surface area (Å²) in [5, 5.41) is 16.0. The van der Waals surface area contributed by atoms with E-state index < -0.39 is 0 Å². The maximum Gasteiger partial charge on any atom is 0.219 e. The van der Waals surface area contributed by atoms with Crippen LogP contribution in [0.25, 0.3) is 22.0 Å². The zero-order valence-corrected chi connectivity index (χ0v) is 16.0. The molecule has 1 heterocycles. The van der Waals surface area contributed by atoms with Gasteiger partial charge in [0.05, 0.1) is 36.1 Å². The molecule has 2 aromatic carbocycles. The van der Waals surface area contributed by atoms with Crippen molar-refractivity contribution >= 4 is 22.5 Å². The van der Waals surface area contributed by atoms with Gasteiger partial charge in [0.1, 0.15) is 0 Å². The maximum absolute atomic E-state index is 11.3. The maximum atomic E-state index is 11.3. The molecule has 2 N–H and O–H groups in total. The Balaban J connectivity index is 1.91. The molecular weight excluding hydrogens is 352 g/mol. The molecule has 0 fully saturated rings. The molecule has 0 unspecified atom stereocenters. The van der Waals surface area contributed by atoms with Crippen molar-refractivity contribution in [1.29, 1.82) is 5.26 Å². The van der Waals surface area contributed by atoms with Gasteiger partial charge in [-0.2, -0.15) is 5.26 Å². The Morgan fingerprint density at radius 2 is 1.96 bits per heavy atom. The van der Waals surface area contributed by atoms with Gasteiger partial charge in [0.2, 0.25) is 5.91 Å². The summed E-state index contributed by atoms with van der Waals surface area (Å²) in [6.45, 7) is 2.92. The molecule has 0 aliphatic heterocycles. The number of rotatable bonds is 7. The molecule has 1 amide bonds. The van der Waals surface area contributed by atoms with Crippen molar-refractivity contribution in [2.24, 2.45) is 0 Å². The molecule has 142 valence electrons. The van der Waals surface area contributed by atoms with Crippen LogP contribution in [0.4, 0.5) is 5.69 Å². The second-order valence-electron chi connectivity index (χ2n) is 6.23. The number of para-hydroxylation sites is 1. The lowest BCUT2D eigenvalue weighted by Gasteiger charge is -2.15. The molecule has 0 aliphatic carbocycles. The van der Waals surface area contributed by atoms with Gasteiger partial charge in [-0.05, 0) is 23.8 Å². The standard InChI is InChI=1S/C22H22N4O2/c1-3-20(27)25-12-11-24-19-14-26-21-17(5-4-6-18(21)22(19)28-2)16-9-7-15(13-23)8-10-16/h4-10,14,24H,3,11-12H2,1-2H3,(H,25,27). The summed E-state index contributed by atoms with van der Waals surface area (Å²) in [5.41, 5.74) is 4.19. The van der Waals surface area contributed by atoms with Crippen LogP contribution in [0.5, 0.6) is 5.75 Å². The minimum Gasteiger partial charge on any atom is -0.494 e. The fraction of sp³-hybridized carbons (Fsp3) is 0.227. The highest BCUT2D eigenvalue weighted by Gasteiger charge is 2.13. The average molecular weight is 374 g/mol. The number of nitrogens with one attached hydrogen (secondary N) is 2. The van der Waals surface area contributed by atoms with Gasteiger partial charge in [0.15, 0.2) is 5.75 Å². The number of benzene rings is 2. The molecule has 0 aliphatic rings. The molecule has 28 heavy (non-hydrogen) atoms. The second kappa shape index (κ2) is 8.87. The van der Waals surface area contributed by atoms with E-state index >= 15 is 0 Å². The lowest BCUT2D eigenvalue weighted by Crippen LogP contribution is -2.28. The third-order valence-corrected chi connectivity index (χ3v) is 4.46. The predicted octanol–water partition coefficient (Wildman–Crippen LogP) is 3.72. The van der Waals surface area contributed by atoms with Gasteiger partial charge in [0, 0.05) is 30.5 Å². The van der Waals surface area contributed by atoms with Crippen molar-refractivity contribution in [3.05, 3.63) is 54.2 Å². The van der Waals surface area contributed by atoms with Gasteiger partial charge in [0.25, 0.3) is 0 Å².